The fourth-order valence-corrected chi connectivity index (χ4v) is 5.28. The Morgan fingerprint density at radius 3 is 2.73 bits per heavy atom. The van der Waals surface area contributed by atoms with Gasteiger partial charge in [-0.1, -0.05) is 32.5 Å². The van der Waals surface area contributed by atoms with Crippen LogP contribution in [0.2, 0.25) is 0 Å². The second-order valence-corrected chi connectivity index (χ2v) is 9.58. The Kier molecular flexibility index (Phi) is 4.38. The third-order valence-corrected chi connectivity index (χ3v) is 7.02. The summed E-state index contributed by atoms with van der Waals surface area (Å²) in [6.07, 6.45) is 4.11. The number of hydrogen-bond donors (Lipinski definition) is 1. The molecule has 1 aliphatic carbocycles. The van der Waals surface area contributed by atoms with Gasteiger partial charge in [0.2, 0.25) is 5.12 Å². The standard InChI is InChI=1S/C17H23NO2S2/c1-17(2,3)11-4-5-13-10(8-11)9-14(22-13)15(19)18-12-6-7-21-16(12)20/h9,11-12H,4-8H2,1-3H3,(H,18,19). The number of aryl methyl sites for hydroxylation is 1. The van der Waals surface area contributed by atoms with Crippen molar-refractivity contribution < 1.29 is 9.59 Å². The van der Waals surface area contributed by atoms with Crippen LogP contribution in [0.5, 0.6) is 0 Å². The van der Waals surface area contributed by atoms with Gasteiger partial charge in [0, 0.05) is 10.6 Å². The summed E-state index contributed by atoms with van der Waals surface area (Å²) in [6, 6.07) is 1.76. The van der Waals surface area contributed by atoms with Crippen molar-refractivity contribution in [1.29, 1.82) is 0 Å². The Hall–Kier alpha value is -0.810. The van der Waals surface area contributed by atoms with E-state index in [4.69, 9.17) is 0 Å². The molecule has 120 valence electrons. The molecule has 22 heavy (non-hydrogen) atoms. The average Bonchev–Trinajstić information content (AvgIpc) is 3.03. The molecule has 1 saturated heterocycles. The van der Waals surface area contributed by atoms with E-state index in [0.29, 0.717) is 11.3 Å². The zero-order valence-electron chi connectivity index (χ0n) is 13.4. The molecular formula is C17H23NO2S2. The molecule has 1 aromatic rings. The Balaban J connectivity index is 1.71. The predicted molar refractivity (Wildman–Crippen MR) is 92.6 cm³/mol. The van der Waals surface area contributed by atoms with Crippen LogP contribution in [0.4, 0.5) is 0 Å². The lowest BCUT2D eigenvalue weighted by Gasteiger charge is -2.33. The van der Waals surface area contributed by atoms with Gasteiger partial charge in [-0.15, -0.1) is 11.3 Å². The van der Waals surface area contributed by atoms with Gasteiger partial charge in [0.25, 0.3) is 5.91 Å². The van der Waals surface area contributed by atoms with Crippen LogP contribution in [0.3, 0.4) is 0 Å². The molecule has 0 radical (unpaired) electrons. The maximum atomic E-state index is 12.4. The van der Waals surface area contributed by atoms with Crippen LogP contribution in [0, 0.1) is 11.3 Å². The zero-order valence-corrected chi connectivity index (χ0v) is 15.0. The molecule has 0 spiro atoms. The van der Waals surface area contributed by atoms with Crippen molar-refractivity contribution in [2.45, 2.75) is 52.5 Å². The van der Waals surface area contributed by atoms with Gasteiger partial charge in [-0.3, -0.25) is 9.59 Å². The lowest BCUT2D eigenvalue weighted by atomic mass is 9.72. The molecule has 0 saturated carbocycles. The highest BCUT2D eigenvalue weighted by Crippen LogP contribution is 2.40. The minimum absolute atomic E-state index is 0.0763. The van der Waals surface area contributed by atoms with E-state index in [1.165, 1.54) is 28.6 Å². The Morgan fingerprint density at radius 1 is 1.32 bits per heavy atom. The van der Waals surface area contributed by atoms with Gasteiger partial charge in [-0.25, -0.2) is 0 Å². The van der Waals surface area contributed by atoms with Crippen LogP contribution in [0.15, 0.2) is 6.07 Å². The third kappa shape index (κ3) is 3.25. The van der Waals surface area contributed by atoms with Crippen molar-refractivity contribution in [2.24, 2.45) is 11.3 Å². The molecule has 1 amide bonds. The summed E-state index contributed by atoms with van der Waals surface area (Å²) in [7, 11) is 0. The summed E-state index contributed by atoms with van der Waals surface area (Å²) in [4.78, 5) is 26.1. The Bertz CT molecular complexity index is 600. The molecule has 0 bridgehead atoms. The first-order valence-corrected chi connectivity index (χ1v) is 9.74. The van der Waals surface area contributed by atoms with Gasteiger partial charge in [-0.2, -0.15) is 0 Å². The van der Waals surface area contributed by atoms with Crippen LogP contribution in [0.1, 0.15) is 53.7 Å². The highest BCUT2D eigenvalue weighted by molar-refractivity contribution is 8.14. The molecule has 2 atom stereocenters. The maximum Gasteiger partial charge on any atom is 0.261 e. The van der Waals surface area contributed by atoms with Crippen molar-refractivity contribution in [3.05, 3.63) is 21.4 Å². The molecule has 3 nitrogen and oxygen atoms in total. The van der Waals surface area contributed by atoms with Crippen molar-refractivity contribution in [3.8, 4) is 0 Å². The molecule has 1 N–H and O–H groups in total. The fourth-order valence-electron chi connectivity index (χ4n) is 3.23. The largest absolute Gasteiger partial charge is 0.341 e. The topological polar surface area (TPSA) is 46.2 Å². The quantitative estimate of drug-likeness (QED) is 0.896. The van der Waals surface area contributed by atoms with Crippen molar-refractivity contribution >= 4 is 34.1 Å². The number of rotatable bonds is 2. The van der Waals surface area contributed by atoms with E-state index in [2.05, 4.69) is 32.2 Å². The smallest absolute Gasteiger partial charge is 0.261 e. The van der Waals surface area contributed by atoms with Crippen molar-refractivity contribution in [2.75, 3.05) is 5.75 Å². The van der Waals surface area contributed by atoms with Crippen LogP contribution >= 0.6 is 23.1 Å². The third-order valence-electron chi connectivity index (χ3n) is 4.77. The molecule has 5 heteroatoms. The molecule has 0 aromatic carbocycles. The van der Waals surface area contributed by atoms with E-state index in [0.717, 1.165) is 29.9 Å². The normalized spacial score (nSPS) is 25.1. The van der Waals surface area contributed by atoms with Crippen LogP contribution in [-0.2, 0) is 17.6 Å². The number of carbonyl (C=O) groups excluding carboxylic acids is 2. The SMILES string of the molecule is CC(C)(C)C1CCc2sc(C(=O)NC3CCSC3=O)cc2C1. The van der Waals surface area contributed by atoms with E-state index in [9.17, 15) is 9.59 Å². The van der Waals surface area contributed by atoms with Crippen LogP contribution in [-0.4, -0.2) is 22.8 Å². The average molecular weight is 338 g/mol. The summed E-state index contributed by atoms with van der Waals surface area (Å²) < 4.78 is 0. The van der Waals surface area contributed by atoms with Gasteiger partial charge in [-0.05, 0) is 48.6 Å². The summed E-state index contributed by atoms with van der Waals surface area (Å²) in [5, 5.41) is 3.00. The Morgan fingerprint density at radius 2 is 2.09 bits per heavy atom. The van der Waals surface area contributed by atoms with E-state index in [-0.39, 0.29) is 17.1 Å². The molecule has 2 unspecified atom stereocenters. The first-order chi connectivity index (χ1) is 10.3. The second-order valence-electron chi connectivity index (χ2n) is 7.35. The summed E-state index contributed by atoms with van der Waals surface area (Å²) >= 11 is 2.93. The lowest BCUT2D eigenvalue weighted by Crippen LogP contribution is -2.36. The number of thioether (sulfide) groups is 1. The molecule has 1 aliphatic heterocycles. The van der Waals surface area contributed by atoms with Crippen molar-refractivity contribution in [1.82, 2.24) is 5.32 Å². The van der Waals surface area contributed by atoms with Crippen molar-refractivity contribution in [3.63, 3.8) is 0 Å². The number of carbonyl (C=O) groups is 2. The van der Waals surface area contributed by atoms with Crippen LogP contribution < -0.4 is 5.32 Å². The number of amides is 1. The van der Waals surface area contributed by atoms with Gasteiger partial charge in [0.05, 0.1) is 10.9 Å². The van der Waals surface area contributed by atoms with E-state index < -0.39 is 0 Å². The summed E-state index contributed by atoms with van der Waals surface area (Å²) in [6.45, 7) is 6.89. The molecule has 1 aromatic heterocycles. The highest BCUT2D eigenvalue weighted by atomic mass is 32.2. The molecule has 3 rings (SSSR count). The number of thiophene rings is 1. The lowest BCUT2D eigenvalue weighted by molar-refractivity contribution is -0.112. The van der Waals surface area contributed by atoms with E-state index in [1.54, 1.807) is 11.3 Å². The minimum atomic E-state index is -0.293. The molecule has 1 fully saturated rings. The first-order valence-electron chi connectivity index (χ1n) is 7.93. The maximum absolute atomic E-state index is 12.4. The number of fused-ring (bicyclic) bond motifs is 1. The summed E-state index contributed by atoms with van der Waals surface area (Å²) in [5.74, 6) is 1.42. The molecule has 2 aliphatic rings. The molecular weight excluding hydrogens is 314 g/mol. The van der Waals surface area contributed by atoms with Crippen LogP contribution in [0.25, 0.3) is 0 Å². The minimum Gasteiger partial charge on any atom is -0.341 e. The van der Waals surface area contributed by atoms with Gasteiger partial charge >= 0.3 is 0 Å². The number of hydrogen-bond acceptors (Lipinski definition) is 4. The predicted octanol–water partition coefficient (Wildman–Crippen LogP) is 3.66. The second kappa shape index (κ2) is 6.00. The van der Waals surface area contributed by atoms with Gasteiger partial charge in [0.1, 0.15) is 0 Å². The number of nitrogens with one attached hydrogen (secondary N) is 1. The van der Waals surface area contributed by atoms with Gasteiger partial charge < -0.3 is 5.32 Å². The Labute approximate surface area is 140 Å². The zero-order chi connectivity index (χ0) is 15.9. The fraction of sp³-hybridized carbons (Fsp3) is 0.647. The first kappa shape index (κ1) is 16.1. The molecule has 2 heterocycles. The highest BCUT2D eigenvalue weighted by Gasteiger charge is 2.31. The van der Waals surface area contributed by atoms with Gasteiger partial charge in [0.15, 0.2) is 0 Å². The summed E-state index contributed by atoms with van der Waals surface area (Å²) in [5.41, 5.74) is 1.66. The van der Waals surface area contributed by atoms with E-state index >= 15 is 0 Å². The van der Waals surface area contributed by atoms with E-state index in [1.807, 2.05) is 0 Å². The monoisotopic (exact) mass is 337 g/mol.